The van der Waals surface area contributed by atoms with Crippen molar-refractivity contribution in [3.8, 4) is 6.07 Å². The van der Waals surface area contributed by atoms with Gasteiger partial charge in [-0.15, -0.1) is 0 Å². The van der Waals surface area contributed by atoms with Crippen LogP contribution < -0.4 is 10.6 Å². The normalized spacial score (nSPS) is 10.3. The molecule has 0 saturated carbocycles. The summed E-state index contributed by atoms with van der Waals surface area (Å²) in [6.45, 7) is 5.37. The van der Waals surface area contributed by atoms with Crippen LogP contribution >= 0.6 is 0 Å². The third-order valence-electron chi connectivity index (χ3n) is 1.97. The highest BCUT2D eigenvalue weighted by Crippen LogP contribution is 2.08. The number of carbonyl (C=O) groups excluding carboxylic acids is 2. The van der Waals surface area contributed by atoms with E-state index in [-0.39, 0.29) is 0 Å². The lowest BCUT2D eigenvalue weighted by atomic mass is 10.1. The van der Waals surface area contributed by atoms with Gasteiger partial charge in [-0.25, -0.2) is 0 Å². The SMILES string of the molecule is CC(C)(C)NC(=O)C(=O)Nc1ccc(C#N)cc1. The zero-order valence-electron chi connectivity index (χ0n) is 10.6. The predicted molar refractivity (Wildman–Crippen MR) is 67.7 cm³/mol. The molecule has 94 valence electrons. The van der Waals surface area contributed by atoms with Crippen LogP contribution in [0.25, 0.3) is 0 Å². The van der Waals surface area contributed by atoms with Crippen LogP contribution in [0.4, 0.5) is 5.69 Å². The molecule has 18 heavy (non-hydrogen) atoms. The Balaban J connectivity index is 2.64. The van der Waals surface area contributed by atoms with Gasteiger partial charge in [0.2, 0.25) is 0 Å². The molecule has 0 radical (unpaired) electrons. The Bertz CT molecular complexity index is 492. The maximum absolute atomic E-state index is 11.6. The highest BCUT2D eigenvalue weighted by atomic mass is 16.2. The average molecular weight is 245 g/mol. The summed E-state index contributed by atoms with van der Waals surface area (Å²) in [6, 6.07) is 8.24. The molecule has 5 nitrogen and oxygen atoms in total. The summed E-state index contributed by atoms with van der Waals surface area (Å²) in [5.74, 6) is -1.42. The topological polar surface area (TPSA) is 82.0 Å². The number of nitriles is 1. The molecule has 2 N–H and O–H groups in total. The number of carbonyl (C=O) groups is 2. The number of anilines is 1. The second-order valence-corrected chi connectivity index (χ2v) is 4.85. The van der Waals surface area contributed by atoms with Gasteiger partial charge in [-0.05, 0) is 45.0 Å². The minimum Gasteiger partial charge on any atom is -0.343 e. The second kappa shape index (κ2) is 5.32. The van der Waals surface area contributed by atoms with E-state index < -0.39 is 17.4 Å². The largest absolute Gasteiger partial charge is 0.343 e. The third-order valence-corrected chi connectivity index (χ3v) is 1.97. The van der Waals surface area contributed by atoms with Crippen LogP contribution in [0.5, 0.6) is 0 Å². The first kappa shape index (κ1) is 13.7. The van der Waals surface area contributed by atoms with Gasteiger partial charge < -0.3 is 10.6 Å². The fourth-order valence-electron chi connectivity index (χ4n) is 1.21. The van der Waals surface area contributed by atoms with Crippen molar-refractivity contribution < 1.29 is 9.59 Å². The standard InChI is InChI=1S/C13H15N3O2/c1-13(2,3)16-12(18)11(17)15-10-6-4-9(8-14)5-7-10/h4-7H,1-3H3,(H,15,17)(H,16,18). The lowest BCUT2D eigenvalue weighted by Crippen LogP contribution is -2.46. The quantitative estimate of drug-likeness (QED) is 0.734. The minimum atomic E-state index is -0.727. The van der Waals surface area contributed by atoms with Crippen LogP contribution in [0.1, 0.15) is 26.3 Å². The third kappa shape index (κ3) is 4.26. The zero-order chi connectivity index (χ0) is 13.8. The fourth-order valence-corrected chi connectivity index (χ4v) is 1.21. The first-order chi connectivity index (χ1) is 8.31. The number of rotatable bonds is 1. The van der Waals surface area contributed by atoms with Crippen molar-refractivity contribution in [2.24, 2.45) is 0 Å². The molecule has 0 spiro atoms. The molecule has 1 aromatic rings. The summed E-state index contributed by atoms with van der Waals surface area (Å²) in [5, 5.41) is 13.6. The molecule has 2 amide bonds. The van der Waals surface area contributed by atoms with Gasteiger partial charge in [0.05, 0.1) is 11.6 Å². The molecule has 0 unspecified atom stereocenters. The predicted octanol–water partition coefficient (Wildman–Crippen LogP) is 1.41. The molecule has 0 bridgehead atoms. The number of hydrogen-bond acceptors (Lipinski definition) is 3. The van der Waals surface area contributed by atoms with Crippen molar-refractivity contribution in [2.75, 3.05) is 5.32 Å². The molecular formula is C13H15N3O2. The van der Waals surface area contributed by atoms with Crippen molar-refractivity contribution in [3.63, 3.8) is 0 Å². The van der Waals surface area contributed by atoms with Crippen LogP contribution in [0.2, 0.25) is 0 Å². The van der Waals surface area contributed by atoms with Gasteiger partial charge >= 0.3 is 11.8 Å². The Morgan fingerprint density at radius 3 is 2.11 bits per heavy atom. The molecule has 0 saturated heterocycles. The molecule has 0 heterocycles. The van der Waals surface area contributed by atoms with Crippen LogP contribution in [-0.4, -0.2) is 17.4 Å². The van der Waals surface area contributed by atoms with E-state index in [0.717, 1.165) is 0 Å². The second-order valence-electron chi connectivity index (χ2n) is 4.85. The van der Waals surface area contributed by atoms with Crippen molar-refractivity contribution in [2.45, 2.75) is 26.3 Å². The molecule has 0 aliphatic carbocycles. The Labute approximate surface area is 106 Å². The van der Waals surface area contributed by atoms with E-state index >= 15 is 0 Å². The summed E-state index contributed by atoms with van der Waals surface area (Å²) in [4.78, 5) is 23.1. The van der Waals surface area contributed by atoms with Crippen LogP contribution in [0.3, 0.4) is 0 Å². The highest BCUT2D eigenvalue weighted by molar-refractivity contribution is 6.39. The summed E-state index contributed by atoms with van der Waals surface area (Å²) in [7, 11) is 0. The number of hydrogen-bond donors (Lipinski definition) is 2. The first-order valence-electron chi connectivity index (χ1n) is 5.45. The average Bonchev–Trinajstić information content (AvgIpc) is 2.27. The molecule has 0 aliphatic rings. The van der Waals surface area contributed by atoms with Crippen molar-refractivity contribution >= 4 is 17.5 Å². The van der Waals surface area contributed by atoms with Crippen LogP contribution in [-0.2, 0) is 9.59 Å². The van der Waals surface area contributed by atoms with E-state index in [0.29, 0.717) is 11.3 Å². The Hall–Kier alpha value is -2.35. The van der Waals surface area contributed by atoms with E-state index in [4.69, 9.17) is 5.26 Å². The molecule has 5 heteroatoms. The van der Waals surface area contributed by atoms with Gasteiger partial charge in [-0.1, -0.05) is 0 Å². The van der Waals surface area contributed by atoms with Gasteiger partial charge in [-0.2, -0.15) is 5.26 Å². The molecule has 0 aromatic heterocycles. The summed E-state index contributed by atoms with van der Waals surface area (Å²) in [5.41, 5.74) is 0.509. The Kier molecular flexibility index (Phi) is 4.05. The van der Waals surface area contributed by atoms with E-state index in [2.05, 4.69) is 10.6 Å². The fraction of sp³-hybridized carbons (Fsp3) is 0.308. The van der Waals surface area contributed by atoms with E-state index in [1.165, 1.54) is 0 Å². The van der Waals surface area contributed by atoms with E-state index in [9.17, 15) is 9.59 Å². The minimum absolute atomic E-state index is 0.459. The molecule has 0 fully saturated rings. The van der Waals surface area contributed by atoms with Gasteiger partial charge in [0.25, 0.3) is 0 Å². The molecule has 0 atom stereocenters. The first-order valence-corrected chi connectivity index (χ1v) is 5.45. The molecule has 1 aromatic carbocycles. The van der Waals surface area contributed by atoms with E-state index in [1.807, 2.05) is 6.07 Å². The smallest absolute Gasteiger partial charge is 0.313 e. The maximum atomic E-state index is 11.6. The lowest BCUT2D eigenvalue weighted by molar-refractivity contribution is -0.137. The molecular weight excluding hydrogens is 230 g/mol. The molecule has 1 rings (SSSR count). The number of nitrogens with one attached hydrogen (secondary N) is 2. The highest BCUT2D eigenvalue weighted by Gasteiger charge is 2.20. The summed E-state index contributed by atoms with van der Waals surface area (Å²) in [6.07, 6.45) is 0. The summed E-state index contributed by atoms with van der Waals surface area (Å²) >= 11 is 0. The van der Waals surface area contributed by atoms with Gasteiger partial charge in [-0.3, -0.25) is 9.59 Å². The number of nitrogens with zero attached hydrogens (tertiary/aromatic N) is 1. The lowest BCUT2D eigenvalue weighted by Gasteiger charge is -2.19. The maximum Gasteiger partial charge on any atom is 0.313 e. The van der Waals surface area contributed by atoms with Crippen molar-refractivity contribution in [3.05, 3.63) is 29.8 Å². The van der Waals surface area contributed by atoms with Gasteiger partial charge in [0.1, 0.15) is 0 Å². The van der Waals surface area contributed by atoms with Gasteiger partial charge in [0.15, 0.2) is 0 Å². The number of benzene rings is 1. The van der Waals surface area contributed by atoms with Crippen LogP contribution in [0, 0.1) is 11.3 Å². The van der Waals surface area contributed by atoms with E-state index in [1.54, 1.807) is 45.0 Å². The Morgan fingerprint density at radius 1 is 1.11 bits per heavy atom. The monoisotopic (exact) mass is 245 g/mol. The van der Waals surface area contributed by atoms with Crippen molar-refractivity contribution in [1.29, 1.82) is 5.26 Å². The Morgan fingerprint density at radius 2 is 1.67 bits per heavy atom. The van der Waals surface area contributed by atoms with Gasteiger partial charge in [0, 0.05) is 11.2 Å². The molecule has 0 aliphatic heterocycles. The number of amides is 2. The van der Waals surface area contributed by atoms with Crippen LogP contribution in [0.15, 0.2) is 24.3 Å². The van der Waals surface area contributed by atoms with Crippen molar-refractivity contribution in [1.82, 2.24) is 5.32 Å². The summed E-state index contributed by atoms with van der Waals surface area (Å²) < 4.78 is 0. The zero-order valence-corrected chi connectivity index (χ0v) is 10.6.